The summed E-state index contributed by atoms with van der Waals surface area (Å²) in [6, 6.07) is 3.83. The summed E-state index contributed by atoms with van der Waals surface area (Å²) in [7, 11) is 0. The Balaban J connectivity index is 3.27. The van der Waals surface area contributed by atoms with Gasteiger partial charge >= 0.3 is 0 Å². The summed E-state index contributed by atoms with van der Waals surface area (Å²) in [5.41, 5.74) is 2.59. The van der Waals surface area contributed by atoms with E-state index in [4.69, 9.17) is 0 Å². The highest BCUT2D eigenvalue weighted by atomic mass is 14.8. The van der Waals surface area contributed by atoms with Gasteiger partial charge in [0.1, 0.15) is 0 Å². The molecule has 0 atom stereocenters. The van der Waals surface area contributed by atoms with Crippen molar-refractivity contribution in [2.45, 2.75) is 6.92 Å². The Labute approximate surface area is 90.4 Å². The third kappa shape index (κ3) is 2.74. The normalized spacial score (nSPS) is 11.7. The van der Waals surface area contributed by atoms with Crippen LogP contribution in [0.15, 0.2) is 48.6 Å². The Kier molecular flexibility index (Phi) is 4.23. The molecule has 2 nitrogen and oxygen atoms in total. The second-order valence-electron chi connectivity index (χ2n) is 2.82. The van der Waals surface area contributed by atoms with Crippen LogP contribution in [0.25, 0.3) is 11.8 Å². The summed E-state index contributed by atoms with van der Waals surface area (Å²) in [6.07, 6.45) is 8.77. The molecule has 0 bridgehead atoms. The van der Waals surface area contributed by atoms with E-state index in [-0.39, 0.29) is 0 Å². The zero-order valence-corrected chi connectivity index (χ0v) is 8.85. The van der Waals surface area contributed by atoms with Gasteiger partial charge in [-0.25, -0.2) is 0 Å². The smallest absolute Gasteiger partial charge is 0.0957 e. The summed E-state index contributed by atoms with van der Waals surface area (Å²) in [5.74, 6) is 0. The predicted molar refractivity (Wildman–Crippen MR) is 66.7 cm³/mol. The molecular weight excluding hydrogens is 184 g/mol. The fourth-order valence-electron chi connectivity index (χ4n) is 1.23. The minimum atomic E-state index is 0.794. The lowest BCUT2D eigenvalue weighted by Gasteiger charge is -2.03. The lowest BCUT2D eigenvalue weighted by Crippen LogP contribution is -1.90. The molecule has 0 aliphatic heterocycles. The number of allylic oxidation sites excluding steroid dienone is 2. The Bertz CT molecular complexity index is 414. The second-order valence-corrected chi connectivity index (χ2v) is 2.82. The van der Waals surface area contributed by atoms with Crippen LogP contribution in [0.5, 0.6) is 0 Å². The second kappa shape index (κ2) is 5.70. The monoisotopic (exact) mass is 198 g/mol. The maximum Gasteiger partial charge on any atom is 0.0957 e. The highest BCUT2D eigenvalue weighted by Gasteiger charge is 2.03. The fourth-order valence-corrected chi connectivity index (χ4v) is 1.23. The Morgan fingerprint density at radius 2 is 2.27 bits per heavy atom. The van der Waals surface area contributed by atoms with E-state index < -0.39 is 0 Å². The molecule has 0 aliphatic carbocycles. The van der Waals surface area contributed by atoms with Crippen molar-refractivity contribution >= 4 is 18.0 Å². The Morgan fingerprint density at radius 3 is 2.87 bits per heavy atom. The summed E-state index contributed by atoms with van der Waals surface area (Å²) in [4.78, 5) is 8.53. The maximum absolute atomic E-state index is 4.29. The van der Waals surface area contributed by atoms with Crippen LogP contribution in [-0.2, 0) is 0 Å². The predicted octanol–water partition coefficient (Wildman–Crippen LogP) is 3.34. The summed E-state index contributed by atoms with van der Waals surface area (Å²) in [6.45, 7) is 9.28. The number of hydrogen-bond acceptors (Lipinski definition) is 2. The van der Waals surface area contributed by atoms with Crippen LogP contribution in [-0.4, -0.2) is 11.2 Å². The van der Waals surface area contributed by atoms with Gasteiger partial charge in [0, 0.05) is 18.0 Å². The molecule has 0 amide bonds. The largest absolute Gasteiger partial charge is 0.259 e. The molecule has 0 N–H and O–H groups in total. The molecular formula is C13H14N2. The van der Waals surface area contributed by atoms with Gasteiger partial charge in [-0.1, -0.05) is 31.4 Å². The molecule has 76 valence electrons. The van der Waals surface area contributed by atoms with Gasteiger partial charge in [-0.05, 0) is 19.1 Å². The van der Waals surface area contributed by atoms with E-state index in [1.807, 2.05) is 25.1 Å². The van der Waals surface area contributed by atoms with Gasteiger partial charge in [0.05, 0.1) is 11.4 Å². The number of rotatable bonds is 4. The van der Waals surface area contributed by atoms with Crippen LogP contribution in [0, 0.1) is 0 Å². The van der Waals surface area contributed by atoms with Gasteiger partial charge in [0.15, 0.2) is 0 Å². The topological polar surface area (TPSA) is 25.2 Å². The molecule has 15 heavy (non-hydrogen) atoms. The van der Waals surface area contributed by atoms with Crippen LogP contribution < -0.4 is 0 Å². The number of pyridine rings is 1. The average molecular weight is 198 g/mol. The van der Waals surface area contributed by atoms with Crippen LogP contribution in [0.4, 0.5) is 0 Å². The van der Waals surface area contributed by atoms with E-state index in [0.29, 0.717) is 0 Å². The summed E-state index contributed by atoms with van der Waals surface area (Å²) in [5, 5.41) is 0. The Hall–Kier alpha value is -1.96. The van der Waals surface area contributed by atoms with Crippen molar-refractivity contribution in [3.05, 3.63) is 54.9 Å². The van der Waals surface area contributed by atoms with Crippen LogP contribution in [0.2, 0.25) is 0 Å². The quantitative estimate of drug-likeness (QED) is 0.538. The van der Waals surface area contributed by atoms with Crippen molar-refractivity contribution in [1.82, 2.24) is 4.98 Å². The molecule has 0 aliphatic rings. The van der Waals surface area contributed by atoms with Gasteiger partial charge in [-0.2, -0.15) is 0 Å². The van der Waals surface area contributed by atoms with Gasteiger partial charge < -0.3 is 0 Å². The molecule has 1 aromatic heterocycles. The SMILES string of the molecule is C=C/C=C(\N=CC)c1ncccc1C=C. The Morgan fingerprint density at radius 1 is 1.47 bits per heavy atom. The first-order chi connectivity index (χ1) is 7.33. The molecule has 1 rings (SSSR count). The van der Waals surface area contributed by atoms with Crippen LogP contribution >= 0.6 is 0 Å². The van der Waals surface area contributed by atoms with Crippen molar-refractivity contribution in [1.29, 1.82) is 0 Å². The minimum absolute atomic E-state index is 0.794. The van der Waals surface area contributed by atoms with E-state index in [2.05, 4.69) is 23.1 Å². The minimum Gasteiger partial charge on any atom is -0.259 e. The van der Waals surface area contributed by atoms with E-state index in [1.165, 1.54) is 0 Å². The molecule has 0 radical (unpaired) electrons. The molecule has 0 saturated heterocycles. The van der Waals surface area contributed by atoms with Crippen LogP contribution in [0.1, 0.15) is 18.2 Å². The zero-order valence-electron chi connectivity index (χ0n) is 8.85. The number of nitrogens with zero attached hydrogens (tertiary/aromatic N) is 2. The molecule has 1 aromatic rings. The standard InChI is InChI=1S/C13H14N2/c1-4-8-12(14-6-3)13-11(5-2)9-7-10-15-13/h4-10H,1-2H2,3H3/b12-8-,14-6?. The molecule has 0 unspecified atom stereocenters. The van der Waals surface area contributed by atoms with Crippen molar-refractivity contribution in [3.63, 3.8) is 0 Å². The molecule has 1 heterocycles. The number of aromatic nitrogens is 1. The first-order valence-electron chi connectivity index (χ1n) is 4.72. The number of hydrogen-bond donors (Lipinski definition) is 0. The first kappa shape index (κ1) is 11.1. The van der Waals surface area contributed by atoms with E-state index in [1.54, 1.807) is 24.6 Å². The van der Waals surface area contributed by atoms with Crippen molar-refractivity contribution < 1.29 is 0 Å². The third-order valence-corrected chi connectivity index (χ3v) is 1.85. The van der Waals surface area contributed by atoms with Gasteiger partial charge in [-0.3, -0.25) is 9.98 Å². The van der Waals surface area contributed by atoms with Gasteiger partial charge in [0.2, 0.25) is 0 Å². The molecule has 0 aromatic carbocycles. The van der Waals surface area contributed by atoms with Crippen molar-refractivity contribution in [2.75, 3.05) is 0 Å². The van der Waals surface area contributed by atoms with Gasteiger partial charge in [-0.15, -0.1) is 0 Å². The molecule has 2 heteroatoms. The summed E-state index contributed by atoms with van der Waals surface area (Å²) < 4.78 is 0. The third-order valence-electron chi connectivity index (χ3n) is 1.85. The van der Waals surface area contributed by atoms with E-state index >= 15 is 0 Å². The molecule has 0 fully saturated rings. The highest BCUT2D eigenvalue weighted by molar-refractivity contribution is 5.76. The van der Waals surface area contributed by atoms with Crippen molar-refractivity contribution in [3.8, 4) is 0 Å². The molecule has 0 saturated carbocycles. The van der Waals surface area contributed by atoms with E-state index in [9.17, 15) is 0 Å². The average Bonchev–Trinajstić information content (AvgIpc) is 2.29. The molecule has 0 spiro atoms. The van der Waals surface area contributed by atoms with Gasteiger partial charge in [0.25, 0.3) is 0 Å². The van der Waals surface area contributed by atoms with E-state index in [0.717, 1.165) is 17.0 Å². The highest BCUT2D eigenvalue weighted by Crippen LogP contribution is 2.18. The summed E-state index contributed by atoms with van der Waals surface area (Å²) >= 11 is 0. The fraction of sp³-hybridized carbons (Fsp3) is 0.0769. The maximum atomic E-state index is 4.29. The lowest BCUT2D eigenvalue weighted by molar-refractivity contribution is 1.24. The first-order valence-corrected chi connectivity index (χ1v) is 4.72. The number of aliphatic imine (C=N–C) groups is 1. The van der Waals surface area contributed by atoms with Crippen molar-refractivity contribution in [2.24, 2.45) is 4.99 Å². The van der Waals surface area contributed by atoms with Crippen LogP contribution in [0.3, 0.4) is 0 Å². The lowest BCUT2D eigenvalue weighted by atomic mass is 10.1. The zero-order chi connectivity index (χ0) is 11.1.